The van der Waals surface area contributed by atoms with Crippen molar-refractivity contribution >= 4 is 18.1 Å². The topological polar surface area (TPSA) is 74.2 Å². The molecule has 160 valence electrons. The molecule has 0 radical (unpaired) electrons. The zero-order valence-corrected chi connectivity index (χ0v) is 17.8. The van der Waals surface area contributed by atoms with E-state index in [2.05, 4.69) is 6.08 Å². The molecule has 0 aliphatic rings. The molecule has 2 aromatic carbocycles. The first-order valence-corrected chi connectivity index (χ1v) is 9.49. The molecule has 0 spiro atoms. The predicted octanol–water partition coefficient (Wildman–Crippen LogP) is 5.03. The fourth-order valence-corrected chi connectivity index (χ4v) is 2.69. The maximum Gasteiger partial charge on any atom is 0.335 e. The number of benzene rings is 2. The molecular formula is C24H28O6. The Morgan fingerprint density at radius 2 is 1.57 bits per heavy atom. The molecule has 30 heavy (non-hydrogen) atoms. The van der Waals surface area contributed by atoms with Crippen LogP contribution in [0.25, 0.3) is 12.2 Å². The van der Waals surface area contributed by atoms with Crippen LogP contribution in [0.3, 0.4) is 0 Å². The van der Waals surface area contributed by atoms with E-state index < -0.39 is 5.97 Å². The molecule has 0 bridgehead atoms. The Bertz CT molecular complexity index is 893. The number of ether oxygens (including phenoxy) is 4. The van der Waals surface area contributed by atoms with Crippen molar-refractivity contribution in [2.24, 2.45) is 0 Å². The minimum Gasteiger partial charge on any atom is -0.478 e. The molecule has 0 fully saturated rings. The van der Waals surface area contributed by atoms with Gasteiger partial charge in [0.25, 0.3) is 0 Å². The lowest BCUT2D eigenvalue weighted by Gasteiger charge is -2.16. The van der Waals surface area contributed by atoms with Gasteiger partial charge in [-0.25, -0.2) is 4.79 Å². The summed E-state index contributed by atoms with van der Waals surface area (Å²) in [5, 5.41) is 9.03. The Hall–Kier alpha value is -3.09. The van der Waals surface area contributed by atoms with Gasteiger partial charge in [0.1, 0.15) is 0 Å². The summed E-state index contributed by atoms with van der Waals surface area (Å²) in [5.74, 6) is 0.241. The van der Waals surface area contributed by atoms with Crippen molar-refractivity contribution < 1.29 is 28.8 Å². The van der Waals surface area contributed by atoms with Crippen molar-refractivity contribution in [3.63, 3.8) is 0 Å². The number of aromatic carboxylic acids is 1. The Balaban J connectivity index is 2.40. The molecule has 0 aliphatic heterocycles. The van der Waals surface area contributed by atoms with Gasteiger partial charge in [-0.05, 0) is 55.7 Å². The predicted molar refractivity (Wildman–Crippen MR) is 117 cm³/mol. The van der Waals surface area contributed by atoms with E-state index in [1.165, 1.54) is 5.57 Å². The molecule has 2 rings (SSSR count). The average molecular weight is 412 g/mol. The lowest BCUT2D eigenvalue weighted by atomic mass is 10.0. The van der Waals surface area contributed by atoms with Crippen LogP contribution < -0.4 is 9.47 Å². The standard InChI is InChI=1S/C24H28O6/c1-17(2)5-10-21-13-19(7-6-18-8-11-20(12-9-18)24(25)26)14-22(29-15-27-3)23(21)30-16-28-4/h5-9,11-14H,10,15-16H2,1-4H3,(H,25,26). The lowest BCUT2D eigenvalue weighted by Crippen LogP contribution is -2.07. The number of hydrogen-bond donors (Lipinski definition) is 1. The van der Waals surface area contributed by atoms with Gasteiger partial charge >= 0.3 is 5.97 Å². The Kier molecular flexibility index (Phi) is 9.12. The van der Waals surface area contributed by atoms with Crippen molar-refractivity contribution in [2.45, 2.75) is 20.3 Å². The lowest BCUT2D eigenvalue weighted by molar-refractivity contribution is 0.0318. The minimum absolute atomic E-state index is 0.0925. The van der Waals surface area contributed by atoms with Gasteiger partial charge in [0.05, 0.1) is 5.56 Å². The molecule has 0 aliphatic carbocycles. The molecule has 0 amide bonds. The first-order valence-electron chi connectivity index (χ1n) is 9.49. The second-order valence-electron chi connectivity index (χ2n) is 6.86. The van der Waals surface area contributed by atoms with Crippen molar-refractivity contribution in [2.75, 3.05) is 27.8 Å². The Morgan fingerprint density at radius 1 is 0.933 bits per heavy atom. The highest BCUT2D eigenvalue weighted by atomic mass is 16.7. The third-order valence-electron chi connectivity index (χ3n) is 4.16. The zero-order valence-electron chi connectivity index (χ0n) is 17.8. The van der Waals surface area contributed by atoms with E-state index in [1.54, 1.807) is 38.5 Å². The first-order chi connectivity index (χ1) is 14.4. The van der Waals surface area contributed by atoms with Crippen LogP contribution in [0, 0.1) is 0 Å². The van der Waals surface area contributed by atoms with Crippen LogP contribution >= 0.6 is 0 Å². The largest absolute Gasteiger partial charge is 0.478 e. The third-order valence-corrected chi connectivity index (χ3v) is 4.16. The van der Waals surface area contributed by atoms with Gasteiger partial charge in [-0.2, -0.15) is 0 Å². The minimum atomic E-state index is -0.943. The highest BCUT2D eigenvalue weighted by Gasteiger charge is 2.13. The van der Waals surface area contributed by atoms with E-state index >= 15 is 0 Å². The first kappa shape index (κ1) is 23.2. The molecular weight excluding hydrogens is 384 g/mol. The van der Waals surface area contributed by atoms with E-state index in [-0.39, 0.29) is 19.1 Å². The van der Waals surface area contributed by atoms with Crippen LogP contribution in [0.4, 0.5) is 0 Å². The van der Waals surface area contributed by atoms with E-state index in [0.717, 1.165) is 16.7 Å². The summed E-state index contributed by atoms with van der Waals surface area (Å²) in [6, 6.07) is 10.6. The Morgan fingerprint density at radius 3 is 2.17 bits per heavy atom. The second kappa shape index (κ2) is 11.8. The number of rotatable bonds is 11. The van der Waals surface area contributed by atoms with Crippen LogP contribution in [0.5, 0.6) is 11.5 Å². The molecule has 0 atom stereocenters. The van der Waals surface area contributed by atoms with Gasteiger partial charge < -0.3 is 24.1 Å². The number of hydrogen-bond acceptors (Lipinski definition) is 5. The smallest absolute Gasteiger partial charge is 0.335 e. The van der Waals surface area contributed by atoms with E-state index in [9.17, 15) is 4.79 Å². The van der Waals surface area contributed by atoms with Crippen LogP contribution in [0.15, 0.2) is 48.0 Å². The van der Waals surface area contributed by atoms with Crippen LogP contribution in [-0.4, -0.2) is 38.9 Å². The average Bonchev–Trinajstić information content (AvgIpc) is 2.73. The second-order valence-corrected chi connectivity index (χ2v) is 6.86. The summed E-state index contributed by atoms with van der Waals surface area (Å²) in [7, 11) is 3.13. The molecule has 0 heterocycles. The zero-order chi connectivity index (χ0) is 21.9. The maximum absolute atomic E-state index is 11.0. The van der Waals surface area contributed by atoms with Crippen LogP contribution in [0.2, 0.25) is 0 Å². The fourth-order valence-electron chi connectivity index (χ4n) is 2.69. The SMILES string of the molecule is COCOc1cc(C=Cc2ccc(C(=O)O)cc2)cc(CC=C(C)C)c1OCOC. The molecule has 2 aromatic rings. The normalized spacial score (nSPS) is 10.8. The van der Waals surface area contributed by atoms with E-state index in [1.807, 2.05) is 38.1 Å². The van der Waals surface area contributed by atoms with Crippen LogP contribution in [-0.2, 0) is 15.9 Å². The van der Waals surface area contributed by atoms with Gasteiger partial charge in [-0.15, -0.1) is 0 Å². The molecule has 0 aromatic heterocycles. The van der Waals surface area contributed by atoms with E-state index in [0.29, 0.717) is 17.9 Å². The summed E-state index contributed by atoms with van der Waals surface area (Å²) in [6.45, 7) is 4.29. The monoisotopic (exact) mass is 412 g/mol. The summed E-state index contributed by atoms with van der Waals surface area (Å²) < 4.78 is 21.7. The highest BCUT2D eigenvalue weighted by Crippen LogP contribution is 2.35. The Labute approximate surface area is 177 Å². The molecule has 6 heteroatoms. The van der Waals surface area contributed by atoms with Gasteiger partial charge in [0, 0.05) is 19.8 Å². The quantitative estimate of drug-likeness (QED) is 0.317. The number of allylic oxidation sites excluding steroid dienone is 2. The molecule has 1 N–H and O–H groups in total. The number of carboxylic acid groups (broad SMARTS) is 1. The van der Waals surface area contributed by atoms with Gasteiger partial charge in [0.15, 0.2) is 25.1 Å². The molecule has 0 saturated carbocycles. The fraction of sp³-hybridized carbons (Fsp3) is 0.292. The van der Waals surface area contributed by atoms with Crippen molar-refractivity contribution in [1.82, 2.24) is 0 Å². The summed E-state index contributed by atoms with van der Waals surface area (Å²) >= 11 is 0. The molecule has 6 nitrogen and oxygen atoms in total. The maximum atomic E-state index is 11.0. The van der Waals surface area contributed by atoms with Crippen LogP contribution in [0.1, 0.15) is 40.9 Å². The number of carboxylic acids is 1. The summed E-state index contributed by atoms with van der Waals surface area (Å²) in [6.07, 6.45) is 6.66. The van der Waals surface area contributed by atoms with Gasteiger partial charge in [-0.1, -0.05) is 35.9 Å². The van der Waals surface area contributed by atoms with Gasteiger partial charge in [0.2, 0.25) is 0 Å². The van der Waals surface area contributed by atoms with Crippen molar-refractivity contribution in [3.8, 4) is 11.5 Å². The van der Waals surface area contributed by atoms with E-state index in [4.69, 9.17) is 24.1 Å². The van der Waals surface area contributed by atoms with Crippen molar-refractivity contribution in [3.05, 3.63) is 70.3 Å². The molecule has 0 unspecified atom stereocenters. The van der Waals surface area contributed by atoms with Crippen molar-refractivity contribution in [1.29, 1.82) is 0 Å². The summed E-state index contributed by atoms with van der Waals surface area (Å²) in [4.78, 5) is 11.0. The third kappa shape index (κ3) is 7.06. The van der Waals surface area contributed by atoms with Gasteiger partial charge in [-0.3, -0.25) is 0 Å². The number of carbonyl (C=O) groups is 1. The highest BCUT2D eigenvalue weighted by molar-refractivity contribution is 5.88. The number of methoxy groups -OCH3 is 2. The molecule has 0 saturated heterocycles. The summed E-state index contributed by atoms with van der Waals surface area (Å²) in [5.41, 5.74) is 4.23.